The molecule has 3 N–H and O–H groups in total. The summed E-state index contributed by atoms with van der Waals surface area (Å²) in [6.45, 7) is 5.23. The van der Waals surface area contributed by atoms with E-state index in [9.17, 15) is 0 Å². The van der Waals surface area contributed by atoms with Gasteiger partial charge in [-0.15, -0.1) is 0 Å². The average Bonchev–Trinajstić information content (AvgIpc) is 2.17. The Morgan fingerprint density at radius 1 is 1.47 bits per heavy atom. The van der Waals surface area contributed by atoms with E-state index in [1.807, 2.05) is 6.92 Å². The van der Waals surface area contributed by atoms with Crippen LogP contribution in [0, 0.1) is 12.3 Å². The predicted octanol–water partition coefficient (Wildman–Crippen LogP) is 1.97. The molecule has 0 aliphatic heterocycles. The highest BCUT2D eigenvalue weighted by Gasteiger charge is 2.31. The Balaban J connectivity index is 2.01. The number of anilines is 2. The minimum absolute atomic E-state index is 0.451. The van der Waals surface area contributed by atoms with Gasteiger partial charge in [-0.2, -0.15) is 0 Å². The number of nitrogens with two attached hydrogens (primary N) is 1. The van der Waals surface area contributed by atoms with Gasteiger partial charge in [0.1, 0.15) is 18.0 Å². The molecule has 1 fully saturated rings. The SMILES string of the molecule is Cc1c(N)ncnc1NCC1(C)CCC1. The summed E-state index contributed by atoms with van der Waals surface area (Å²) >= 11 is 0. The molecular weight excluding hydrogens is 188 g/mol. The summed E-state index contributed by atoms with van der Waals surface area (Å²) in [4.78, 5) is 8.14. The number of hydrogen-bond acceptors (Lipinski definition) is 4. The zero-order chi connectivity index (χ0) is 10.9. The fourth-order valence-corrected chi connectivity index (χ4v) is 1.90. The molecular formula is C11H18N4. The third-order valence-electron chi connectivity index (χ3n) is 3.37. The number of nitrogens with zero attached hydrogens (tertiary/aromatic N) is 2. The van der Waals surface area contributed by atoms with Gasteiger partial charge < -0.3 is 11.1 Å². The lowest BCUT2D eigenvalue weighted by Gasteiger charge is -2.38. The van der Waals surface area contributed by atoms with Crippen molar-refractivity contribution in [2.75, 3.05) is 17.6 Å². The Labute approximate surface area is 90.3 Å². The van der Waals surface area contributed by atoms with Gasteiger partial charge in [-0.05, 0) is 25.2 Å². The van der Waals surface area contributed by atoms with E-state index in [4.69, 9.17) is 5.73 Å². The van der Waals surface area contributed by atoms with Crippen molar-refractivity contribution >= 4 is 11.6 Å². The smallest absolute Gasteiger partial charge is 0.134 e. The van der Waals surface area contributed by atoms with Crippen molar-refractivity contribution in [3.63, 3.8) is 0 Å². The van der Waals surface area contributed by atoms with Crippen LogP contribution in [-0.2, 0) is 0 Å². The molecule has 1 aromatic heterocycles. The molecule has 1 aliphatic rings. The summed E-state index contributed by atoms with van der Waals surface area (Å²) in [5, 5.41) is 3.37. The first kappa shape index (κ1) is 10.2. The monoisotopic (exact) mass is 206 g/mol. The third kappa shape index (κ3) is 2.03. The fraction of sp³-hybridized carbons (Fsp3) is 0.636. The van der Waals surface area contributed by atoms with Gasteiger partial charge in [0.05, 0.1) is 0 Å². The molecule has 4 heteroatoms. The van der Waals surface area contributed by atoms with Crippen LogP contribution in [0.5, 0.6) is 0 Å². The van der Waals surface area contributed by atoms with Gasteiger partial charge >= 0.3 is 0 Å². The van der Waals surface area contributed by atoms with Crippen molar-refractivity contribution in [2.45, 2.75) is 33.1 Å². The van der Waals surface area contributed by atoms with Crippen molar-refractivity contribution in [3.05, 3.63) is 11.9 Å². The van der Waals surface area contributed by atoms with Crippen molar-refractivity contribution in [2.24, 2.45) is 5.41 Å². The summed E-state index contributed by atoms with van der Waals surface area (Å²) in [6.07, 6.45) is 5.47. The largest absolute Gasteiger partial charge is 0.383 e. The maximum absolute atomic E-state index is 5.72. The van der Waals surface area contributed by atoms with E-state index >= 15 is 0 Å². The molecule has 0 atom stereocenters. The van der Waals surface area contributed by atoms with Crippen LogP contribution in [0.1, 0.15) is 31.7 Å². The van der Waals surface area contributed by atoms with Gasteiger partial charge in [0, 0.05) is 12.1 Å². The Morgan fingerprint density at radius 3 is 2.80 bits per heavy atom. The summed E-state index contributed by atoms with van der Waals surface area (Å²) in [6, 6.07) is 0. The molecule has 0 amide bonds. The molecule has 0 spiro atoms. The van der Waals surface area contributed by atoms with E-state index in [1.165, 1.54) is 25.6 Å². The molecule has 1 saturated carbocycles. The lowest BCUT2D eigenvalue weighted by atomic mass is 9.70. The number of nitrogens with one attached hydrogen (secondary N) is 1. The first-order chi connectivity index (χ1) is 7.11. The average molecular weight is 206 g/mol. The third-order valence-corrected chi connectivity index (χ3v) is 3.37. The summed E-state index contributed by atoms with van der Waals surface area (Å²) in [5.74, 6) is 1.43. The fourth-order valence-electron chi connectivity index (χ4n) is 1.90. The van der Waals surface area contributed by atoms with E-state index in [-0.39, 0.29) is 0 Å². The van der Waals surface area contributed by atoms with E-state index < -0.39 is 0 Å². The minimum Gasteiger partial charge on any atom is -0.383 e. The van der Waals surface area contributed by atoms with Gasteiger partial charge in [-0.25, -0.2) is 9.97 Å². The molecule has 1 aromatic rings. The second-order valence-corrected chi connectivity index (χ2v) is 4.75. The van der Waals surface area contributed by atoms with Gasteiger partial charge in [-0.3, -0.25) is 0 Å². The number of aromatic nitrogens is 2. The Hall–Kier alpha value is -1.32. The quantitative estimate of drug-likeness (QED) is 0.793. The van der Waals surface area contributed by atoms with Crippen LogP contribution in [0.4, 0.5) is 11.6 Å². The van der Waals surface area contributed by atoms with Crippen LogP contribution in [0.2, 0.25) is 0 Å². The van der Waals surface area contributed by atoms with Gasteiger partial charge in [0.25, 0.3) is 0 Å². The lowest BCUT2D eigenvalue weighted by Crippen LogP contribution is -2.33. The van der Waals surface area contributed by atoms with Crippen LogP contribution >= 0.6 is 0 Å². The van der Waals surface area contributed by atoms with Gasteiger partial charge in [0.2, 0.25) is 0 Å². The topological polar surface area (TPSA) is 63.8 Å². The maximum atomic E-state index is 5.72. The van der Waals surface area contributed by atoms with Crippen molar-refractivity contribution in [1.29, 1.82) is 0 Å². The van der Waals surface area contributed by atoms with Crippen LogP contribution in [-0.4, -0.2) is 16.5 Å². The molecule has 82 valence electrons. The molecule has 0 aromatic carbocycles. The summed E-state index contributed by atoms with van der Waals surface area (Å²) in [5.41, 5.74) is 7.11. The van der Waals surface area contributed by atoms with Crippen LogP contribution in [0.3, 0.4) is 0 Å². The summed E-state index contributed by atoms with van der Waals surface area (Å²) in [7, 11) is 0. The molecule has 15 heavy (non-hydrogen) atoms. The minimum atomic E-state index is 0.451. The molecule has 2 rings (SSSR count). The Morgan fingerprint density at radius 2 is 2.20 bits per heavy atom. The number of nitrogen functional groups attached to an aromatic ring is 1. The normalized spacial score (nSPS) is 18.3. The molecule has 0 unspecified atom stereocenters. The molecule has 4 nitrogen and oxygen atoms in total. The maximum Gasteiger partial charge on any atom is 0.134 e. The van der Waals surface area contributed by atoms with Gasteiger partial charge in [-0.1, -0.05) is 13.3 Å². The van der Waals surface area contributed by atoms with E-state index in [0.717, 1.165) is 17.9 Å². The lowest BCUT2D eigenvalue weighted by molar-refractivity contribution is 0.180. The van der Waals surface area contributed by atoms with Crippen molar-refractivity contribution in [3.8, 4) is 0 Å². The van der Waals surface area contributed by atoms with Crippen molar-refractivity contribution < 1.29 is 0 Å². The standard InChI is InChI=1S/C11H18N4/c1-8-9(12)14-7-15-10(8)13-6-11(2)4-3-5-11/h7H,3-6H2,1-2H3,(H3,12,13,14,15). The highest BCUT2D eigenvalue weighted by Crippen LogP contribution is 2.40. The highest BCUT2D eigenvalue weighted by molar-refractivity contribution is 5.53. The summed E-state index contributed by atoms with van der Waals surface area (Å²) < 4.78 is 0. The molecule has 1 heterocycles. The second-order valence-electron chi connectivity index (χ2n) is 4.75. The molecule has 0 bridgehead atoms. The van der Waals surface area contributed by atoms with Crippen molar-refractivity contribution in [1.82, 2.24) is 9.97 Å². The zero-order valence-corrected chi connectivity index (χ0v) is 9.38. The number of rotatable bonds is 3. The van der Waals surface area contributed by atoms with Gasteiger partial charge in [0.15, 0.2) is 0 Å². The predicted molar refractivity (Wildman–Crippen MR) is 61.6 cm³/mol. The molecule has 1 aliphatic carbocycles. The van der Waals surface area contributed by atoms with E-state index in [0.29, 0.717) is 11.2 Å². The Kier molecular flexibility index (Phi) is 2.50. The van der Waals surface area contributed by atoms with E-state index in [1.54, 1.807) is 0 Å². The first-order valence-electron chi connectivity index (χ1n) is 5.42. The molecule has 0 radical (unpaired) electrons. The zero-order valence-electron chi connectivity index (χ0n) is 9.38. The Bertz CT molecular complexity index is 358. The number of hydrogen-bond donors (Lipinski definition) is 2. The van der Waals surface area contributed by atoms with E-state index in [2.05, 4.69) is 22.2 Å². The molecule has 0 saturated heterocycles. The van der Waals surface area contributed by atoms with Crippen LogP contribution < -0.4 is 11.1 Å². The highest BCUT2D eigenvalue weighted by atomic mass is 15.0. The second kappa shape index (κ2) is 3.68. The van der Waals surface area contributed by atoms with Crippen LogP contribution in [0.15, 0.2) is 6.33 Å². The first-order valence-corrected chi connectivity index (χ1v) is 5.42. The van der Waals surface area contributed by atoms with Crippen LogP contribution in [0.25, 0.3) is 0 Å².